The Hall–Kier alpha value is -1.40. The van der Waals surface area contributed by atoms with Crippen LogP contribution in [0.3, 0.4) is 0 Å². The molecule has 1 fully saturated rings. The van der Waals surface area contributed by atoms with Crippen molar-refractivity contribution in [3.05, 3.63) is 35.1 Å². The van der Waals surface area contributed by atoms with Crippen LogP contribution in [-0.4, -0.2) is 31.6 Å². The predicted molar refractivity (Wildman–Crippen MR) is 53.3 cm³/mol. The molecule has 1 unspecified atom stereocenters. The summed E-state index contributed by atoms with van der Waals surface area (Å²) in [7, 11) is 0. The summed E-state index contributed by atoms with van der Waals surface area (Å²) in [6.45, 7) is 1.02. The zero-order chi connectivity index (χ0) is 12.4. The first-order valence-corrected chi connectivity index (χ1v) is 5.10. The molecule has 1 atom stereocenters. The summed E-state index contributed by atoms with van der Waals surface area (Å²) < 4.78 is 44.1. The minimum Gasteiger partial charge on any atom is -0.378 e. The van der Waals surface area contributed by atoms with Gasteiger partial charge >= 0.3 is 0 Å². The van der Waals surface area contributed by atoms with Crippen LogP contribution in [0.2, 0.25) is 0 Å². The van der Waals surface area contributed by atoms with Crippen molar-refractivity contribution in [3.8, 4) is 0 Å². The van der Waals surface area contributed by atoms with E-state index in [-0.39, 0.29) is 6.61 Å². The predicted octanol–water partition coefficient (Wildman–Crippen LogP) is 1.27. The fourth-order valence-corrected chi connectivity index (χ4v) is 1.64. The Labute approximate surface area is 95.6 Å². The van der Waals surface area contributed by atoms with Crippen molar-refractivity contribution in [2.75, 3.05) is 19.8 Å². The topological polar surface area (TPSA) is 38.3 Å². The number of rotatable bonds is 2. The number of morpholine rings is 1. The molecule has 0 bridgehead atoms. The van der Waals surface area contributed by atoms with Crippen molar-refractivity contribution in [2.45, 2.75) is 6.04 Å². The van der Waals surface area contributed by atoms with Gasteiger partial charge in [-0.25, -0.2) is 13.2 Å². The van der Waals surface area contributed by atoms with Crippen molar-refractivity contribution in [1.29, 1.82) is 0 Å². The highest BCUT2D eigenvalue weighted by molar-refractivity contribution is 6.00. The highest BCUT2D eigenvalue weighted by Gasteiger charge is 2.27. The van der Waals surface area contributed by atoms with Gasteiger partial charge in [0.2, 0.25) is 0 Å². The smallest absolute Gasteiger partial charge is 0.195 e. The second kappa shape index (κ2) is 4.85. The zero-order valence-electron chi connectivity index (χ0n) is 8.80. The quantitative estimate of drug-likeness (QED) is 0.630. The van der Waals surface area contributed by atoms with Gasteiger partial charge in [-0.1, -0.05) is 0 Å². The zero-order valence-corrected chi connectivity index (χ0v) is 8.80. The Morgan fingerprint density at radius 2 is 2.06 bits per heavy atom. The molecule has 1 heterocycles. The average molecular weight is 245 g/mol. The average Bonchev–Trinajstić information content (AvgIpc) is 2.36. The van der Waals surface area contributed by atoms with E-state index in [4.69, 9.17) is 4.74 Å². The molecule has 0 aromatic heterocycles. The van der Waals surface area contributed by atoms with E-state index in [1.54, 1.807) is 0 Å². The molecule has 17 heavy (non-hydrogen) atoms. The molecule has 1 saturated heterocycles. The number of hydrogen-bond donors (Lipinski definition) is 1. The first-order chi connectivity index (χ1) is 8.11. The highest BCUT2D eigenvalue weighted by Crippen LogP contribution is 2.17. The van der Waals surface area contributed by atoms with E-state index in [1.807, 2.05) is 0 Å². The van der Waals surface area contributed by atoms with E-state index in [1.165, 1.54) is 0 Å². The fourth-order valence-electron chi connectivity index (χ4n) is 1.64. The molecule has 1 aromatic rings. The number of halogens is 3. The largest absolute Gasteiger partial charge is 0.378 e. The minimum absolute atomic E-state index is 0.0945. The Bertz CT molecular complexity index is 445. The third-order valence-corrected chi connectivity index (χ3v) is 2.54. The molecule has 1 aliphatic heterocycles. The van der Waals surface area contributed by atoms with Crippen LogP contribution in [0, 0.1) is 17.5 Å². The van der Waals surface area contributed by atoms with Gasteiger partial charge in [-0.05, 0) is 12.1 Å². The van der Waals surface area contributed by atoms with E-state index in [2.05, 4.69) is 5.32 Å². The molecular formula is C11H10F3NO2. The van der Waals surface area contributed by atoms with Crippen LogP contribution >= 0.6 is 0 Å². The minimum atomic E-state index is -1.63. The van der Waals surface area contributed by atoms with E-state index in [0.717, 1.165) is 12.1 Å². The van der Waals surface area contributed by atoms with Crippen LogP contribution in [0.4, 0.5) is 13.2 Å². The second-order valence-electron chi connectivity index (χ2n) is 3.67. The summed E-state index contributed by atoms with van der Waals surface area (Å²) in [5.41, 5.74) is -0.466. The molecule has 6 heteroatoms. The van der Waals surface area contributed by atoms with Crippen LogP contribution in [0.1, 0.15) is 10.4 Å². The molecule has 1 N–H and O–H groups in total. The Morgan fingerprint density at radius 3 is 2.71 bits per heavy atom. The summed E-state index contributed by atoms with van der Waals surface area (Å²) >= 11 is 0. The summed E-state index contributed by atoms with van der Waals surface area (Å²) in [5.74, 6) is -5.04. The summed E-state index contributed by atoms with van der Waals surface area (Å²) in [5, 5.41) is 2.82. The fraction of sp³-hybridized carbons (Fsp3) is 0.364. The van der Waals surface area contributed by atoms with Gasteiger partial charge in [0.1, 0.15) is 0 Å². The summed E-state index contributed by atoms with van der Waals surface area (Å²) in [6.07, 6.45) is 0. The lowest BCUT2D eigenvalue weighted by molar-refractivity contribution is 0.0604. The van der Waals surface area contributed by atoms with Crippen molar-refractivity contribution in [3.63, 3.8) is 0 Å². The van der Waals surface area contributed by atoms with E-state index in [9.17, 15) is 18.0 Å². The molecule has 0 aliphatic carbocycles. The SMILES string of the molecule is O=C(c1ccc(F)c(F)c1F)C1COCCN1. The molecule has 1 aromatic carbocycles. The van der Waals surface area contributed by atoms with Gasteiger partial charge < -0.3 is 10.1 Å². The maximum atomic E-state index is 13.4. The van der Waals surface area contributed by atoms with Crippen molar-refractivity contribution >= 4 is 5.78 Å². The van der Waals surface area contributed by atoms with Gasteiger partial charge in [0.25, 0.3) is 0 Å². The van der Waals surface area contributed by atoms with Crippen molar-refractivity contribution < 1.29 is 22.7 Å². The Kier molecular flexibility index (Phi) is 3.44. The molecule has 3 nitrogen and oxygen atoms in total. The number of ether oxygens (including phenoxy) is 1. The number of carbonyl (C=O) groups excluding carboxylic acids is 1. The Morgan fingerprint density at radius 1 is 1.29 bits per heavy atom. The lowest BCUT2D eigenvalue weighted by atomic mass is 10.0. The van der Waals surface area contributed by atoms with Crippen LogP contribution in [0.15, 0.2) is 12.1 Å². The number of nitrogens with one attached hydrogen (secondary N) is 1. The van der Waals surface area contributed by atoms with Gasteiger partial charge in [-0.2, -0.15) is 0 Å². The van der Waals surface area contributed by atoms with Crippen molar-refractivity contribution in [1.82, 2.24) is 5.32 Å². The van der Waals surface area contributed by atoms with Gasteiger partial charge in [0.05, 0.1) is 24.8 Å². The normalized spacial score (nSPS) is 20.3. The monoisotopic (exact) mass is 245 g/mol. The van der Waals surface area contributed by atoms with Crippen LogP contribution < -0.4 is 5.32 Å². The van der Waals surface area contributed by atoms with Crippen LogP contribution in [0.25, 0.3) is 0 Å². The maximum Gasteiger partial charge on any atom is 0.195 e. The van der Waals surface area contributed by atoms with Crippen LogP contribution in [-0.2, 0) is 4.74 Å². The Balaban J connectivity index is 2.27. The number of Topliss-reactive ketones (excluding diaryl/α,β-unsaturated/α-hetero) is 1. The molecule has 2 rings (SSSR count). The molecule has 0 amide bonds. The molecule has 1 aliphatic rings. The lowest BCUT2D eigenvalue weighted by Crippen LogP contribution is -2.46. The molecule has 92 valence electrons. The molecule has 0 spiro atoms. The number of benzene rings is 1. The molecular weight excluding hydrogens is 235 g/mol. The number of carbonyl (C=O) groups is 1. The van der Waals surface area contributed by atoms with Gasteiger partial charge in [0, 0.05) is 6.54 Å². The van der Waals surface area contributed by atoms with E-state index < -0.39 is 34.8 Å². The van der Waals surface area contributed by atoms with Crippen LogP contribution in [0.5, 0.6) is 0 Å². The molecule has 0 radical (unpaired) electrons. The summed E-state index contributed by atoms with van der Waals surface area (Å²) in [6, 6.07) is 0.949. The van der Waals surface area contributed by atoms with E-state index >= 15 is 0 Å². The third-order valence-electron chi connectivity index (χ3n) is 2.54. The second-order valence-corrected chi connectivity index (χ2v) is 3.67. The number of hydrogen-bond acceptors (Lipinski definition) is 3. The summed E-state index contributed by atoms with van der Waals surface area (Å²) in [4.78, 5) is 11.8. The van der Waals surface area contributed by atoms with Gasteiger partial charge in [0.15, 0.2) is 23.2 Å². The van der Waals surface area contributed by atoms with Crippen molar-refractivity contribution in [2.24, 2.45) is 0 Å². The van der Waals surface area contributed by atoms with Gasteiger partial charge in [-0.15, -0.1) is 0 Å². The first-order valence-electron chi connectivity index (χ1n) is 5.10. The number of ketones is 1. The van der Waals surface area contributed by atoms with E-state index in [0.29, 0.717) is 13.2 Å². The standard InChI is InChI=1S/C11H10F3NO2/c12-7-2-1-6(9(13)10(7)14)11(16)8-5-17-4-3-15-8/h1-2,8,15H,3-5H2. The highest BCUT2D eigenvalue weighted by atomic mass is 19.2. The maximum absolute atomic E-state index is 13.4. The first kappa shape index (κ1) is 12.1. The van der Waals surface area contributed by atoms with Gasteiger partial charge in [-0.3, -0.25) is 4.79 Å². The third kappa shape index (κ3) is 2.32. The molecule has 0 saturated carbocycles. The lowest BCUT2D eigenvalue weighted by Gasteiger charge is -2.22.